The second-order valence-corrected chi connectivity index (χ2v) is 5.37. The van der Waals surface area contributed by atoms with Crippen molar-refractivity contribution in [3.63, 3.8) is 0 Å². The fraction of sp³-hybridized carbons (Fsp3) is 0.308. The van der Waals surface area contributed by atoms with Crippen LogP contribution < -0.4 is 10.1 Å². The average Bonchev–Trinajstić information content (AvgIpc) is 2.99. The lowest BCUT2D eigenvalue weighted by atomic mass is 10.3. The van der Waals surface area contributed by atoms with Crippen LogP contribution in [0.1, 0.15) is 27.3 Å². The highest BCUT2D eigenvalue weighted by Crippen LogP contribution is 2.30. The van der Waals surface area contributed by atoms with Crippen molar-refractivity contribution in [2.24, 2.45) is 0 Å². The minimum absolute atomic E-state index is 0.192. The molecule has 1 amide bonds. The number of ether oxygens (including phenoxy) is 1. The van der Waals surface area contributed by atoms with Crippen molar-refractivity contribution >= 4 is 22.4 Å². The van der Waals surface area contributed by atoms with Crippen molar-refractivity contribution in [3.05, 3.63) is 34.5 Å². The van der Waals surface area contributed by atoms with Crippen molar-refractivity contribution in [1.82, 2.24) is 9.97 Å². The Balaban J connectivity index is 1.72. The molecule has 0 radical (unpaired) electrons. The summed E-state index contributed by atoms with van der Waals surface area (Å²) in [5, 5.41) is 3.48. The number of nitrogens with zero attached hydrogens (tertiary/aromatic N) is 2. The Bertz CT molecular complexity index is 585. The highest BCUT2D eigenvalue weighted by atomic mass is 32.1. The predicted octanol–water partition coefficient (Wildman–Crippen LogP) is 2.29. The summed E-state index contributed by atoms with van der Waals surface area (Å²) in [6, 6.07) is 3.35. The highest BCUT2D eigenvalue weighted by molar-refractivity contribution is 7.15. The maximum Gasteiger partial charge on any atom is 0.259 e. The van der Waals surface area contributed by atoms with Gasteiger partial charge in [-0.25, -0.2) is 9.97 Å². The summed E-state index contributed by atoms with van der Waals surface area (Å²) >= 11 is 1.56. The number of methoxy groups -OCH3 is 1. The molecule has 0 aromatic carbocycles. The van der Waals surface area contributed by atoms with Crippen molar-refractivity contribution in [3.8, 4) is 5.88 Å². The molecule has 0 atom stereocenters. The molecule has 98 valence electrons. The Morgan fingerprint density at radius 1 is 1.42 bits per heavy atom. The maximum atomic E-state index is 12.0. The van der Waals surface area contributed by atoms with E-state index in [-0.39, 0.29) is 5.91 Å². The SMILES string of the molecule is COc1ccc(C(=O)Nc2nc3c(s2)CCC3)cn1. The Labute approximate surface area is 114 Å². The van der Waals surface area contributed by atoms with E-state index in [2.05, 4.69) is 15.3 Å². The molecular weight excluding hydrogens is 262 g/mol. The van der Waals surface area contributed by atoms with Crippen LogP contribution in [0.5, 0.6) is 5.88 Å². The van der Waals surface area contributed by atoms with Crippen molar-refractivity contribution in [1.29, 1.82) is 0 Å². The van der Waals surface area contributed by atoms with Gasteiger partial charge in [-0.3, -0.25) is 10.1 Å². The first-order valence-electron chi connectivity index (χ1n) is 6.06. The molecule has 0 aliphatic heterocycles. The van der Waals surface area contributed by atoms with E-state index in [1.54, 1.807) is 30.6 Å². The number of carbonyl (C=O) groups is 1. The zero-order valence-electron chi connectivity index (χ0n) is 10.5. The molecule has 0 saturated carbocycles. The van der Waals surface area contributed by atoms with E-state index in [9.17, 15) is 4.79 Å². The number of aryl methyl sites for hydroxylation is 2. The van der Waals surface area contributed by atoms with Crippen LogP contribution in [0, 0.1) is 0 Å². The molecule has 2 aromatic rings. The first-order chi connectivity index (χ1) is 9.26. The highest BCUT2D eigenvalue weighted by Gasteiger charge is 2.18. The summed E-state index contributed by atoms with van der Waals surface area (Å²) in [5.41, 5.74) is 1.63. The summed E-state index contributed by atoms with van der Waals surface area (Å²) in [6.07, 6.45) is 4.76. The third kappa shape index (κ3) is 2.44. The number of hydrogen-bond donors (Lipinski definition) is 1. The first kappa shape index (κ1) is 12.1. The average molecular weight is 275 g/mol. The van der Waals surface area contributed by atoms with Gasteiger partial charge in [0.05, 0.1) is 18.4 Å². The van der Waals surface area contributed by atoms with Crippen LogP contribution >= 0.6 is 11.3 Å². The quantitative estimate of drug-likeness (QED) is 0.933. The molecular formula is C13H13N3O2S. The largest absolute Gasteiger partial charge is 0.481 e. The second-order valence-electron chi connectivity index (χ2n) is 4.29. The summed E-state index contributed by atoms with van der Waals surface area (Å²) in [4.78, 5) is 21.8. The van der Waals surface area contributed by atoms with Crippen LogP contribution in [0.25, 0.3) is 0 Å². The molecule has 0 spiro atoms. The molecule has 0 bridgehead atoms. The second kappa shape index (κ2) is 4.97. The minimum atomic E-state index is -0.192. The van der Waals surface area contributed by atoms with Crippen LogP contribution in [0.2, 0.25) is 0 Å². The van der Waals surface area contributed by atoms with Crippen LogP contribution in [-0.2, 0) is 12.8 Å². The van der Waals surface area contributed by atoms with Crippen LogP contribution in [0.15, 0.2) is 18.3 Å². The summed E-state index contributed by atoms with van der Waals surface area (Å²) < 4.78 is 4.96. The molecule has 5 nitrogen and oxygen atoms in total. The van der Waals surface area contributed by atoms with E-state index < -0.39 is 0 Å². The number of pyridine rings is 1. The van der Waals surface area contributed by atoms with Crippen molar-refractivity contribution in [2.75, 3.05) is 12.4 Å². The lowest BCUT2D eigenvalue weighted by Gasteiger charge is -2.02. The lowest BCUT2D eigenvalue weighted by molar-refractivity contribution is 0.102. The van der Waals surface area contributed by atoms with E-state index in [0.29, 0.717) is 16.6 Å². The number of hydrogen-bond acceptors (Lipinski definition) is 5. The number of thiazole rings is 1. The Kier molecular flexibility index (Phi) is 3.16. The van der Waals surface area contributed by atoms with Crippen molar-refractivity contribution < 1.29 is 9.53 Å². The molecule has 3 rings (SSSR count). The monoisotopic (exact) mass is 275 g/mol. The zero-order valence-corrected chi connectivity index (χ0v) is 11.3. The Morgan fingerprint density at radius 3 is 3.00 bits per heavy atom. The standard InChI is InChI=1S/C13H13N3O2S/c1-18-11-6-5-8(7-14-11)12(17)16-13-15-9-3-2-4-10(9)19-13/h5-7H,2-4H2,1H3,(H,15,16,17). The molecule has 6 heteroatoms. The molecule has 1 aliphatic rings. The van der Waals surface area contributed by atoms with Gasteiger partial charge in [-0.2, -0.15) is 0 Å². The molecule has 1 N–H and O–H groups in total. The normalized spacial score (nSPS) is 13.1. The van der Waals surface area contributed by atoms with Gasteiger partial charge in [-0.05, 0) is 25.3 Å². The van der Waals surface area contributed by atoms with Crippen LogP contribution in [-0.4, -0.2) is 23.0 Å². The van der Waals surface area contributed by atoms with Gasteiger partial charge in [0.2, 0.25) is 5.88 Å². The number of aromatic nitrogens is 2. The van der Waals surface area contributed by atoms with E-state index >= 15 is 0 Å². The van der Waals surface area contributed by atoms with Crippen LogP contribution in [0.4, 0.5) is 5.13 Å². The van der Waals surface area contributed by atoms with Gasteiger partial charge in [0, 0.05) is 17.1 Å². The predicted molar refractivity (Wildman–Crippen MR) is 72.9 cm³/mol. The smallest absolute Gasteiger partial charge is 0.259 e. The Morgan fingerprint density at radius 2 is 2.32 bits per heavy atom. The number of fused-ring (bicyclic) bond motifs is 1. The van der Waals surface area contributed by atoms with E-state index in [4.69, 9.17) is 4.74 Å². The van der Waals surface area contributed by atoms with Gasteiger partial charge >= 0.3 is 0 Å². The fourth-order valence-corrected chi connectivity index (χ4v) is 3.09. The zero-order chi connectivity index (χ0) is 13.2. The van der Waals surface area contributed by atoms with Gasteiger partial charge in [0.25, 0.3) is 5.91 Å². The number of rotatable bonds is 3. The molecule has 0 fully saturated rings. The lowest BCUT2D eigenvalue weighted by Crippen LogP contribution is -2.12. The number of nitrogens with one attached hydrogen (secondary N) is 1. The summed E-state index contributed by atoms with van der Waals surface area (Å²) in [7, 11) is 1.54. The molecule has 2 aromatic heterocycles. The fourth-order valence-electron chi connectivity index (χ4n) is 2.05. The molecule has 2 heterocycles. The molecule has 0 unspecified atom stereocenters. The third-order valence-corrected chi connectivity index (χ3v) is 4.10. The summed E-state index contributed by atoms with van der Waals surface area (Å²) in [6.45, 7) is 0. The van der Waals surface area contributed by atoms with Gasteiger partial charge < -0.3 is 4.74 Å². The van der Waals surface area contributed by atoms with E-state index in [1.165, 1.54) is 17.5 Å². The van der Waals surface area contributed by atoms with E-state index in [1.807, 2.05) is 0 Å². The van der Waals surface area contributed by atoms with E-state index in [0.717, 1.165) is 18.5 Å². The maximum absolute atomic E-state index is 12.0. The summed E-state index contributed by atoms with van der Waals surface area (Å²) in [5.74, 6) is 0.298. The number of anilines is 1. The van der Waals surface area contributed by atoms with Gasteiger partial charge in [0.1, 0.15) is 0 Å². The van der Waals surface area contributed by atoms with Gasteiger partial charge in [0.15, 0.2) is 5.13 Å². The molecule has 1 aliphatic carbocycles. The Hall–Kier alpha value is -1.95. The first-order valence-corrected chi connectivity index (χ1v) is 6.88. The van der Waals surface area contributed by atoms with Gasteiger partial charge in [-0.15, -0.1) is 11.3 Å². The number of carbonyl (C=O) groups excluding carboxylic acids is 1. The minimum Gasteiger partial charge on any atom is -0.481 e. The van der Waals surface area contributed by atoms with Crippen LogP contribution in [0.3, 0.4) is 0 Å². The third-order valence-electron chi connectivity index (χ3n) is 3.02. The van der Waals surface area contributed by atoms with Gasteiger partial charge in [-0.1, -0.05) is 0 Å². The number of amides is 1. The van der Waals surface area contributed by atoms with Crippen molar-refractivity contribution in [2.45, 2.75) is 19.3 Å². The molecule has 19 heavy (non-hydrogen) atoms. The topological polar surface area (TPSA) is 64.1 Å². The molecule has 0 saturated heterocycles.